The maximum absolute atomic E-state index is 12.4. The number of esters is 1. The second-order valence-electron chi connectivity index (χ2n) is 18.7. The molecule has 0 radical (unpaired) electrons. The van der Waals surface area contributed by atoms with Crippen LogP contribution in [-0.4, -0.2) is 83.2 Å². The van der Waals surface area contributed by atoms with Crippen molar-refractivity contribution in [2.24, 2.45) is 22.7 Å². The van der Waals surface area contributed by atoms with Crippen LogP contribution >= 0.6 is 0 Å². The standard InChI is InChI=1S/C21H39NO3.C20H35NO4.CH3.Li/c1-19(2,3)25-18(23)22-15-13-21(14-16-22,12-11-20(4,5)24)17-9-7-6-8-10-17;1-19(2,3)25-18(23)21-14-12-20(13-15-21,11-10-17(22)24-4)16-8-6-5-7-9-16;;/h17,24H,6-16H2,1-5H3;16H,5-15H2,1-4H3;1H3;/q;;-1;+1. The fourth-order valence-corrected chi connectivity index (χ4v) is 9.08. The van der Waals surface area contributed by atoms with Crippen molar-refractivity contribution in [1.82, 2.24) is 9.80 Å². The van der Waals surface area contributed by atoms with Crippen LogP contribution in [-0.2, 0) is 19.0 Å². The number of hydrogen-bond donors (Lipinski definition) is 1. The second kappa shape index (κ2) is 21.0. The van der Waals surface area contributed by atoms with Gasteiger partial charge in [-0.15, -0.1) is 0 Å². The van der Waals surface area contributed by atoms with Gasteiger partial charge >= 0.3 is 37.0 Å². The number of amides is 2. The minimum Gasteiger partial charge on any atom is -0.469 e. The van der Waals surface area contributed by atoms with Gasteiger partial charge in [0.15, 0.2) is 0 Å². The van der Waals surface area contributed by atoms with E-state index in [-0.39, 0.29) is 49.9 Å². The molecule has 0 aromatic rings. The van der Waals surface area contributed by atoms with Crippen molar-refractivity contribution in [2.75, 3.05) is 33.3 Å². The number of carbonyl (C=O) groups is 3. The van der Waals surface area contributed by atoms with E-state index in [9.17, 15) is 19.5 Å². The van der Waals surface area contributed by atoms with Crippen molar-refractivity contribution in [2.45, 2.75) is 188 Å². The Hall–Kier alpha value is -1.43. The minimum absolute atomic E-state index is 0. The molecular formula is C42H77LiN2O7. The van der Waals surface area contributed by atoms with Gasteiger partial charge in [-0.2, -0.15) is 0 Å². The van der Waals surface area contributed by atoms with Gasteiger partial charge < -0.3 is 36.5 Å². The van der Waals surface area contributed by atoms with E-state index in [1.165, 1.54) is 71.3 Å². The van der Waals surface area contributed by atoms with Crippen LogP contribution in [0.4, 0.5) is 9.59 Å². The molecule has 0 aromatic carbocycles. The number of likely N-dealkylation sites (tertiary alicyclic amines) is 2. The molecule has 298 valence electrons. The van der Waals surface area contributed by atoms with E-state index >= 15 is 0 Å². The van der Waals surface area contributed by atoms with E-state index in [0.29, 0.717) is 17.8 Å². The van der Waals surface area contributed by atoms with Crippen LogP contribution < -0.4 is 18.9 Å². The van der Waals surface area contributed by atoms with Crippen molar-refractivity contribution in [3.63, 3.8) is 0 Å². The zero-order chi connectivity index (χ0) is 37.2. The normalized spacial score (nSPS) is 21.3. The number of nitrogens with zero attached hydrogens (tertiary/aromatic N) is 2. The predicted molar refractivity (Wildman–Crippen MR) is 205 cm³/mol. The smallest absolute Gasteiger partial charge is 0.469 e. The van der Waals surface area contributed by atoms with Crippen molar-refractivity contribution < 1.29 is 52.6 Å². The quantitative estimate of drug-likeness (QED) is 0.123. The average Bonchev–Trinajstić information content (AvgIpc) is 3.06. The fourth-order valence-electron chi connectivity index (χ4n) is 9.08. The summed E-state index contributed by atoms with van der Waals surface area (Å²) in [6, 6.07) is 0. The van der Waals surface area contributed by atoms with Gasteiger partial charge in [-0.25, -0.2) is 9.59 Å². The Morgan fingerprint density at radius 2 is 0.981 bits per heavy atom. The molecule has 4 aliphatic rings. The van der Waals surface area contributed by atoms with Crippen molar-refractivity contribution >= 4 is 18.2 Å². The summed E-state index contributed by atoms with van der Waals surface area (Å²) < 4.78 is 15.9. The molecule has 1 N–H and O–H groups in total. The summed E-state index contributed by atoms with van der Waals surface area (Å²) in [7, 11) is 1.46. The van der Waals surface area contributed by atoms with Gasteiger partial charge in [0.25, 0.3) is 0 Å². The van der Waals surface area contributed by atoms with Gasteiger partial charge in [0.1, 0.15) is 11.2 Å². The average molecular weight is 729 g/mol. The van der Waals surface area contributed by atoms with E-state index in [4.69, 9.17) is 14.2 Å². The summed E-state index contributed by atoms with van der Waals surface area (Å²) in [5, 5.41) is 10.2. The molecule has 0 bridgehead atoms. The van der Waals surface area contributed by atoms with Crippen molar-refractivity contribution in [3.05, 3.63) is 7.43 Å². The molecule has 0 unspecified atom stereocenters. The van der Waals surface area contributed by atoms with Crippen molar-refractivity contribution in [3.8, 4) is 0 Å². The Labute approximate surface area is 330 Å². The molecule has 2 aliphatic heterocycles. The number of rotatable bonds is 8. The monoisotopic (exact) mass is 729 g/mol. The number of methoxy groups -OCH3 is 1. The first kappa shape index (κ1) is 48.6. The number of piperidine rings is 2. The summed E-state index contributed by atoms with van der Waals surface area (Å²) >= 11 is 0. The fraction of sp³-hybridized carbons (Fsp3) is 0.905. The summed E-state index contributed by atoms with van der Waals surface area (Å²) in [4.78, 5) is 40.1. The SMILES string of the molecule is CC(C)(O)CCC1(C2CCCCC2)CCN(C(=O)OC(C)(C)C)CC1.COC(=O)CCC1(C2CCCCC2)CCN(C(=O)OC(C)(C)C)CC1.[CH3-].[Li+]. The minimum atomic E-state index is -0.607. The van der Waals surface area contributed by atoms with Gasteiger partial charge in [0, 0.05) is 32.6 Å². The Balaban J connectivity index is 0.000000501. The van der Waals surface area contributed by atoms with Gasteiger partial charge in [0.2, 0.25) is 0 Å². The molecule has 52 heavy (non-hydrogen) atoms. The van der Waals surface area contributed by atoms with E-state index in [1.54, 1.807) is 0 Å². The zero-order valence-electron chi connectivity index (χ0n) is 35.5. The molecule has 4 rings (SSSR count). The van der Waals surface area contributed by atoms with E-state index in [0.717, 1.165) is 77.0 Å². The largest absolute Gasteiger partial charge is 1.00 e. The molecule has 4 fully saturated rings. The Morgan fingerprint density at radius 1 is 0.635 bits per heavy atom. The molecule has 2 aliphatic carbocycles. The Kier molecular flexibility index (Phi) is 19.6. The number of hydrogen-bond acceptors (Lipinski definition) is 7. The van der Waals surface area contributed by atoms with E-state index < -0.39 is 16.8 Å². The number of ether oxygens (including phenoxy) is 3. The summed E-state index contributed by atoms with van der Waals surface area (Å²) in [6.07, 6.45) is 20.0. The number of aliphatic hydroxyl groups is 1. The number of carbonyl (C=O) groups excluding carboxylic acids is 3. The van der Waals surface area contributed by atoms with Crippen LogP contribution in [0.1, 0.15) is 171 Å². The maximum atomic E-state index is 12.4. The molecule has 0 atom stereocenters. The van der Waals surface area contributed by atoms with Gasteiger partial charge in [0.05, 0.1) is 12.7 Å². The van der Waals surface area contributed by atoms with Crippen molar-refractivity contribution in [1.29, 1.82) is 0 Å². The summed E-state index contributed by atoms with van der Waals surface area (Å²) in [6.45, 7) is 18.3. The molecule has 2 saturated heterocycles. The molecule has 2 heterocycles. The zero-order valence-corrected chi connectivity index (χ0v) is 35.5. The Bertz CT molecular complexity index is 1070. The Morgan fingerprint density at radius 3 is 1.29 bits per heavy atom. The third-order valence-electron chi connectivity index (χ3n) is 12.1. The third kappa shape index (κ3) is 15.7. The van der Waals surface area contributed by atoms with Gasteiger partial charge in [-0.05, 0) is 149 Å². The van der Waals surface area contributed by atoms with Crippen LogP contribution in [0.15, 0.2) is 0 Å². The molecular weight excluding hydrogens is 651 g/mol. The first-order valence-corrected chi connectivity index (χ1v) is 20.0. The van der Waals surface area contributed by atoms with E-state index in [2.05, 4.69) is 0 Å². The molecule has 10 heteroatoms. The predicted octanol–water partition coefficient (Wildman–Crippen LogP) is 7.13. The molecule has 0 spiro atoms. The van der Waals surface area contributed by atoms with Crippen LogP contribution in [0.2, 0.25) is 0 Å². The van der Waals surface area contributed by atoms with Crippen LogP contribution in [0, 0.1) is 30.1 Å². The second-order valence-corrected chi connectivity index (χ2v) is 18.7. The first-order valence-electron chi connectivity index (χ1n) is 20.0. The molecule has 9 nitrogen and oxygen atoms in total. The van der Waals surface area contributed by atoms with Gasteiger partial charge in [-0.3, -0.25) is 4.79 Å². The van der Waals surface area contributed by atoms with E-state index in [1.807, 2.05) is 65.2 Å². The summed E-state index contributed by atoms with van der Waals surface area (Å²) in [5.41, 5.74) is -1.04. The first-order chi connectivity index (χ1) is 23.3. The molecule has 0 aromatic heterocycles. The summed E-state index contributed by atoms with van der Waals surface area (Å²) in [5.74, 6) is 1.31. The molecule has 2 amide bonds. The topological polar surface area (TPSA) is 106 Å². The van der Waals surface area contributed by atoms with Crippen LogP contribution in [0.5, 0.6) is 0 Å². The van der Waals surface area contributed by atoms with Gasteiger partial charge in [-0.1, -0.05) is 38.5 Å². The van der Waals surface area contributed by atoms with Crippen LogP contribution in [0.3, 0.4) is 0 Å². The molecule has 2 saturated carbocycles. The third-order valence-corrected chi connectivity index (χ3v) is 12.1. The van der Waals surface area contributed by atoms with Crippen LogP contribution in [0.25, 0.3) is 0 Å². The maximum Gasteiger partial charge on any atom is 1.00 e.